The summed E-state index contributed by atoms with van der Waals surface area (Å²) in [5.74, 6) is -12.5. The molecule has 1 aromatic carbocycles. The number of hydrogen-bond donors (Lipinski definition) is 0. The Bertz CT molecular complexity index is 676. The van der Waals surface area contributed by atoms with E-state index in [0.717, 1.165) is 30.8 Å². The van der Waals surface area contributed by atoms with Gasteiger partial charge in [0.2, 0.25) is 0 Å². The number of ether oxygens (including phenoxy) is 2. The van der Waals surface area contributed by atoms with Crippen LogP contribution in [0, 0.1) is 29.1 Å². The Morgan fingerprint density at radius 2 is 1.74 bits per heavy atom. The fraction of sp³-hybridized carbons (Fsp3) is 0.375. The summed E-state index contributed by atoms with van der Waals surface area (Å²) in [5, 5.41) is 0. The molecule has 0 saturated carbocycles. The van der Waals surface area contributed by atoms with Crippen LogP contribution in [-0.2, 0) is 9.53 Å². The number of carbonyl (C=O) groups is 1. The third-order valence-corrected chi connectivity index (χ3v) is 3.83. The molecule has 0 aliphatic rings. The van der Waals surface area contributed by atoms with E-state index in [-0.39, 0.29) is 13.1 Å². The zero-order valence-corrected chi connectivity index (χ0v) is 15.3. The Kier molecular flexibility index (Phi) is 10.1. The van der Waals surface area contributed by atoms with Gasteiger partial charge in [0.15, 0.2) is 0 Å². The van der Waals surface area contributed by atoms with Crippen LogP contribution in [0.5, 0.6) is 5.75 Å². The molecule has 0 N–H and O–H groups in total. The van der Waals surface area contributed by atoms with Crippen LogP contribution in [-0.4, -0.2) is 42.3 Å². The summed E-state index contributed by atoms with van der Waals surface area (Å²) in [6.07, 6.45) is 5.01. The molecule has 0 fully saturated rings. The van der Waals surface area contributed by atoms with E-state index < -0.39 is 40.8 Å². The molecule has 11 heteroatoms. The molecule has 1 aromatic rings. The fourth-order valence-electron chi connectivity index (χ4n) is 1.70. The predicted octanol–water partition coefficient (Wildman–Crippen LogP) is 3.62. The molecular weight excluding hydrogens is 392 g/mol. The normalized spacial score (nSPS) is 10.9. The van der Waals surface area contributed by atoms with Gasteiger partial charge in [-0.3, -0.25) is 0 Å². The molecule has 0 atom stereocenters. The first-order valence-corrected chi connectivity index (χ1v) is 8.68. The number of hydrogen-bond acceptors (Lipinski definition) is 5. The molecule has 27 heavy (non-hydrogen) atoms. The molecule has 0 unspecified atom stereocenters. The summed E-state index contributed by atoms with van der Waals surface area (Å²) >= 11 is 0.905. The Balaban J connectivity index is 2.68. The summed E-state index contributed by atoms with van der Waals surface area (Å²) in [6.45, 7) is 5.93. The van der Waals surface area contributed by atoms with Crippen molar-refractivity contribution in [2.75, 3.05) is 19.7 Å². The van der Waals surface area contributed by atoms with Gasteiger partial charge in [0.25, 0.3) is 0 Å². The van der Waals surface area contributed by atoms with E-state index in [1.165, 1.54) is 16.6 Å². The van der Waals surface area contributed by atoms with E-state index in [1.54, 1.807) is 0 Å². The number of unbranched alkanes of at least 4 members (excludes halogenated alkanes) is 1. The summed E-state index contributed by atoms with van der Waals surface area (Å²) in [6, 6.07) is 0. The molecule has 0 saturated heterocycles. The molecule has 0 spiro atoms. The average molecular weight is 409 g/mol. The van der Waals surface area contributed by atoms with E-state index in [2.05, 4.69) is 11.3 Å². The zero-order chi connectivity index (χ0) is 20.4. The number of carbonyl (C=O) groups excluding carboxylic acids is 1. The second kappa shape index (κ2) is 11.8. The number of rotatable bonds is 11. The minimum atomic E-state index is -2.27. The zero-order valence-electron chi connectivity index (χ0n) is 14.4. The van der Waals surface area contributed by atoms with E-state index in [4.69, 9.17) is 4.74 Å². The van der Waals surface area contributed by atoms with Gasteiger partial charge in [0, 0.05) is 0 Å². The van der Waals surface area contributed by atoms with Crippen molar-refractivity contribution >= 4 is 30.1 Å². The van der Waals surface area contributed by atoms with Gasteiger partial charge >= 0.3 is 158 Å². The predicted molar refractivity (Wildman–Crippen MR) is 93.9 cm³/mol. The van der Waals surface area contributed by atoms with Crippen molar-refractivity contribution in [2.45, 2.75) is 19.8 Å². The van der Waals surface area contributed by atoms with Crippen molar-refractivity contribution in [3.05, 3.63) is 41.7 Å². The molecule has 0 aliphatic heterocycles. The summed E-state index contributed by atoms with van der Waals surface area (Å²) < 4.78 is 77.0. The molecule has 148 valence electrons. The van der Waals surface area contributed by atoms with E-state index in [0.29, 0.717) is 6.61 Å². The van der Waals surface area contributed by atoms with Crippen LogP contribution in [0.2, 0.25) is 0 Å². The van der Waals surface area contributed by atoms with Crippen LogP contribution in [0.3, 0.4) is 0 Å². The summed E-state index contributed by atoms with van der Waals surface area (Å²) in [5.41, 5.74) is 0. The Hall–Kier alpha value is -1.88. The molecule has 0 radical (unpaired) electrons. The van der Waals surface area contributed by atoms with Crippen LogP contribution in [0.4, 0.5) is 22.0 Å². The van der Waals surface area contributed by atoms with Crippen molar-refractivity contribution in [1.82, 2.24) is 4.31 Å². The maximum absolute atomic E-state index is 13.5. The molecule has 0 heterocycles. The van der Waals surface area contributed by atoms with Gasteiger partial charge in [-0.1, -0.05) is 0 Å². The molecule has 1 rings (SSSR count). The van der Waals surface area contributed by atoms with Gasteiger partial charge in [0.05, 0.1) is 0 Å². The van der Waals surface area contributed by atoms with Crippen molar-refractivity contribution in [3.63, 3.8) is 0 Å². The van der Waals surface area contributed by atoms with Crippen molar-refractivity contribution in [1.29, 1.82) is 0 Å². The van der Waals surface area contributed by atoms with Crippen LogP contribution in [0.25, 0.3) is 0 Å². The van der Waals surface area contributed by atoms with Gasteiger partial charge in [-0.25, -0.2) is 0 Å². The van der Waals surface area contributed by atoms with Crippen molar-refractivity contribution in [3.8, 4) is 5.75 Å². The van der Waals surface area contributed by atoms with Gasteiger partial charge in [-0.15, -0.1) is 0 Å². The molecule has 0 bridgehead atoms. The maximum atomic E-state index is 13.5. The molecule has 0 amide bonds. The molecule has 0 aliphatic carbocycles. The van der Waals surface area contributed by atoms with Crippen LogP contribution >= 0.6 is 11.8 Å². The second-order valence-corrected chi connectivity index (χ2v) is 6.08. The van der Waals surface area contributed by atoms with E-state index >= 15 is 0 Å². The SMILES string of the molecule is C=CCN(CC(=O)OCCCC)SB=COc1c(F)c(F)c(F)c(F)c1F. The number of benzene rings is 1. The fourth-order valence-corrected chi connectivity index (χ4v) is 2.35. The number of nitrogens with zero attached hydrogens (tertiary/aromatic N) is 1. The van der Waals surface area contributed by atoms with Crippen molar-refractivity contribution in [2.24, 2.45) is 0 Å². The molecule has 0 aromatic heterocycles. The standard InChI is InChI=1S/C16H17BF5NO3S/c1-3-5-7-25-10(24)8-23(6-4-2)27-17-9-26-16-14(21)12(19)11(18)13(20)15(16)22/h4,9H,2-3,5-8H2,1H3. The first-order chi connectivity index (χ1) is 12.8. The molecule has 4 nitrogen and oxygen atoms in total. The second-order valence-electron chi connectivity index (χ2n) is 5.08. The van der Waals surface area contributed by atoms with Crippen LogP contribution < -0.4 is 4.74 Å². The van der Waals surface area contributed by atoms with Gasteiger partial charge in [-0.2, -0.15) is 0 Å². The quantitative estimate of drug-likeness (QED) is 0.0816. The number of esters is 1. The van der Waals surface area contributed by atoms with Crippen molar-refractivity contribution < 1.29 is 36.2 Å². The average Bonchev–Trinajstić information content (AvgIpc) is 2.64. The summed E-state index contributed by atoms with van der Waals surface area (Å²) in [7, 11) is 0. The van der Waals surface area contributed by atoms with Crippen LogP contribution in [0.1, 0.15) is 19.8 Å². The third kappa shape index (κ3) is 6.98. The van der Waals surface area contributed by atoms with Gasteiger partial charge in [-0.05, 0) is 0 Å². The Labute approximate surface area is 158 Å². The summed E-state index contributed by atoms with van der Waals surface area (Å²) in [4.78, 5) is 11.7. The monoisotopic (exact) mass is 409 g/mol. The Morgan fingerprint density at radius 3 is 2.30 bits per heavy atom. The van der Waals surface area contributed by atoms with Crippen LogP contribution in [0.15, 0.2) is 12.7 Å². The topological polar surface area (TPSA) is 38.8 Å². The Morgan fingerprint density at radius 1 is 1.15 bits per heavy atom. The first-order valence-electron chi connectivity index (χ1n) is 7.84. The number of halogens is 5. The van der Waals surface area contributed by atoms with E-state index in [9.17, 15) is 26.7 Å². The van der Waals surface area contributed by atoms with Gasteiger partial charge in [0.1, 0.15) is 0 Å². The minimum absolute atomic E-state index is 0.104. The first kappa shape index (κ1) is 23.2. The third-order valence-electron chi connectivity index (χ3n) is 3.02. The molecular formula is C16H17BF5NO3S. The van der Waals surface area contributed by atoms with E-state index in [1.807, 2.05) is 6.92 Å². The van der Waals surface area contributed by atoms with Gasteiger partial charge < -0.3 is 0 Å².